The Hall–Kier alpha value is -0.830. The summed E-state index contributed by atoms with van der Waals surface area (Å²) in [5, 5.41) is 10.4. The van der Waals surface area contributed by atoms with Crippen molar-refractivity contribution in [3.63, 3.8) is 0 Å². The fraction of sp³-hybridized carbons (Fsp3) is 0.500. The van der Waals surface area contributed by atoms with Crippen LogP contribution in [0.4, 0.5) is 0 Å². The van der Waals surface area contributed by atoms with Crippen LogP contribution >= 0.6 is 22.6 Å². The van der Waals surface area contributed by atoms with Crippen molar-refractivity contribution in [3.8, 4) is 0 Å². The lowest BCUT2D eigenvalue weighted by atomic mass is 10.3. The number of halogens is 1. The van der Waals surface area contributed by atoms with Gasteiger partial charge >= 0.3 is 0 Å². The van der Waals surface area contributed by atoms with E-state index in [9.17, 15) is 0 Å². The standard InChI is InChI=1S/C8H13IN6/c1-3-14-7(9)6(5-10-14)8-11-12-13-15(8)4-2/h5,12-13H,3-4H2,1-2H3. The lowest BCUT2D eigenvalue weighted by Gasteiger charge is -2.15. The van der Waals surface area contributed by atoms with Crippen LogP contribution in [0.3, 0.4) is 0 Å². The van der Waals surface area contributed by atoms with Gasteiger partial charge in [-0.25, -0.2) is 5.53 Å². The normalized spacial score (nSPS) is 15.4. The second-order valence-electron chi connectivity index (χ2n) is 3.07. The monoisotopic (exact) mass is 320 g/mol. The van der Waals surface area contributed by atoms with Crippen LogP contribution in [0.2, 0.25) is 0 Å². The molecule has 0 atom stereocenters. The predicted molar refractivity (Wildman–Crippen MR) is 65.8 cm³/mol. The van der Waals surface area contributed by atoms with Crippen LogP contribution in [-0.2, 0) is 6.54 Å². The van der Waals surface area contributed by atoms with Gasteiger partial charge in [-0.1, -0.05) is 0 Å². The number of hydrogen-bond donors (Lipinski definition) is 2. The molecule has 0 amide bonds. The number of nitrogens with one attached hydrogen (secondary N) is 2. The fourth-order valence-electron chi connectivity index (χ4n) is 1.43. The molecule has 82 valence electrons. The van der Waals surface area contributed by atoms with E-state index in [0.717, 1.165) is 28.2 Å². The molecule has 0 saturated carbocycles. The maximum absolute atomic E-state index is 4.29. The van der Waals surface area contributed by atoms with Gasteiger partial charge < -0.3 is 0 Å². The number of hydrogen-bond acceptors (Lipinski definition) is 5. The van der Waals surface area contributed by atoms with Crippen LogP contribution in [0.1, 0.15) is 19.4 Å². The van der Waals surface area contributed by atoms with E-state index in [2.05, 4.69) is 57.7 Å². The van der Waals surface area contributed by atoms with Crippen LogP contribution in [-0.4, -0.2) is 27.2 Å². The molecule has 0 saturated heterocycles. The number of aryl methyl sites for hydroxylation is 1. The van der Waals surface area contributed by atoms with Crippen molar-refractivity contribution >= 4 is 28.4 Å². The number of hydrazone groups is 1. The predicted octanol–water partition coefficient (Wildman–Crippen LogP) is 0.514. The molecule has 1 aromatic heterocycles. The molecule has 0 bridgehead atoms. The van der Waals surface area contributed by atoms with Crippen LogP contribution < -0.4 is 11.1 Å². The summed E-state index contributed by atoms with van der Waals surface area (Å²) >= 11 is 2.29. The van der Waals surface area contributed by atoms with Gasteiger partial charge in [0, 0.05) is 13.1 Å². The highest BCUT2D eigenvalue weighted by molar-refractivity contribution is 14.1. The second-order valence-corrected chi connectivity index (χ2v) is 4.09. The smallest absolute Gasteiger partial charge is 0.177 e. The summed E-state index contributed by atoms with van der Waals surface area (Å²) in [6.07, 6.45) is 1.85. The quantitative estimate of drug-likeness (QED) is 0.797. The molecule has 0 radical (unpaired) electrons. The summed E-state index contributed by atoms with van der Waals surface area (Å²) in [5.41, 5.74) is 6.75. The van der Waals surface area contributed by atoms with Crippen molar-refractivity contribution in [3.05, 3.63) is 15.5 Å². The molecule has 0 aromatic carbocycles. The highest BCUT2D eigenvalue weighted by Gasteiger charge is 2.21. The van der Waals surface area contributed by atoms with Crippen molar-refractivity contribution in [2.24, 2.45) is 5.10 Å². The Morgan fingerprint density at radius 1 is 1.40 bits per heavy atom. The molecule has 2 rings (SSSR count). The lowest BCUT2D eigenvalue weighted by Crippen LogP contribution is -2.41. The average Bonchev–Trinajstić information content (AvgIpc) is 2.83. The van der Waals surface area contributed by atoms with E-state index in [4.69, 9.17) is 0 Å². The Morgan fingerprint density at radius 2 is 2.20 bits per heavy atom. The minimum absolute atomic E-state index is 0.846. The highest BCUT2D eigenvalue weighted by Crippen LogP contribution is 2.15. The number of hydrazine groups is 2. The molecule has 0 spiro atoms. The molecule has 0 unspecified atom stereocenters. The maximum atomic E-state index is 4.29. The Labute approximate surface area is 102 Å². The van der Waals surface area contributed by atoms with Gasteiger partial charge in [-0.2, -0.15) is 5.10 Å². The lowest BCUT2D eigenvalue weighted by molar-refractivity contribution is 0.308. The largest absolute Gasteiger partial charge is 0.271 e. The Kier molecular flexibility index (Phi) is 3.10. The summed E-state index contributed by atoms with van der Waals surface area (Å²) in [4.78, 5) is 0. The van der Waals surface area contributed by atoms with E-state index < -0.39 is 0 Å². The molecular formula is C8H13IN6. The number of aromatic nitrogens is 2. The second kappa shape index (κ2) is 4.35. The maximum Gasteiger partial charge on any atom is 0.177 e. The van der Waals surface area contributed by atoms with E-state index in [1.54, 1.807) is 0 Å². The first kappa shape index (κ1) is 10.7. The molecule has 15 heavy (non-hydrogen) atoms. The van der Waals surface area contributed by atoms with Crippen molar-refractivity contribution < 1.29 is 0 Å². The summed E-state index contributed by atoms with van der Waals surface area (Å²) in [7, 11) is 0. The van der Waals surface area contributed by atoms with E-state index >= 15 is 0 Å². The van der Waals surface area contributed by atoms with E-state index in [1.807, 2.05) is 15.9 Å². The molecule has 6 nitrogen and oxygen atoms in total. The Morgan fingerprint density at radius 3 is 2.80 bits per heavy atom. The van der Waals surface area contributed by atoms with E-state index in [-0.39, 0.29) is 0 Å². The summed E-state index contributed by atoms with van der Waals surface area (Å²) in [6.45, 7) is 5.86. The molecular weight excluding hydrogens is 307 g/mol. The Bertz CT molecular complexity index is 384. The van der Waals surface area contributed by atoms with Crippen LogP contribution in [0.15, 0.2) is 11.3 Å². The van der Waals surface area contributed by atoms with Gasteiger partial charge in [0.15, 0.2) is 5.84 Å². The van der Waals surface area contributed by atoms with Gasteiger partial charge in [-0.05, 0) is 36.4 Å². The van der Waals surface area contributed by atoms with Gasteiger partial charge in [0.1, 0.15) is 3.70 Å². The van der Waals surface area contributed by atoms with Gasteiger partial charge in [-0.15, -0.1) is 10.6 Å². The first-order valence-electron chi connectivity index (χ1n) is 4.85. The molecule has 1 aromatic rings. The van der Waals surface area contributed by atoms with Crippen molar-refractivity contribution in [2.75, 3.05) is 6.54 Å². The number of amidine groups is 1. The summed E-state index contributed by atoms with van der Waals surface area (Å²) in [6, 6.07) is 0. The van der Waals surface area contributed by atoms with Crippen molar-refractivity contribution in [2.45, 2.75) is 20.4 Å². The molecule has 1 aliphatic heterocycles. The zero-order valence-corrected chi connectivity index (χ0v) is 10.8. The van der Waals surface area contributed by atoms with Gasteiger partial charge in [0.2, 0.25) is 0 Å². The number of rotatable bonds is 3. The minimum Gasteiger partial charge on any atom is -0.271 e. The van der Waals surface area contributed by atoms with Crippen LogP contribution in [0, 0.1) is 3.70 Å². The molecule has 2 heterocycles. The zero-order chi connectivity index (χ0) is 10.8. The van der Waals surface area contributed by atoms with Crippen LogP contribution in [0.5, 0.6) is 0 Å². The molecule has 0 aliphatic carbocycles. The average molecular weight is 320 g/mol. The van der Waals surface area contributed by atoms with Crippen molar-refractivity contribution in [1.82, 2.24) is 25.9 Å². The van der Waals surface area contributed by atoms with Gasteiger partial charge in [0.25, 0.3) is 0 Å². The number of nitrogens with zero attached hydrogens (tertiary/aromatic N) is 4. The van der Waals surface area contributed by atoms with Crippen molar-refractivity contribution in [1.29, 1.82) is 0 Å². The van der Waals surface area contributed by atoms with Gasteiger partial charge in [0.05, 0.1) is 11.8 Å². The topological polar surface area (TPSA) is 57.5 Å². The highest BCUT2D eigenvalue weighted by atomic mass is 127. The van der Waals surface area contributed by atoms with Gasteiger partial charge in [-0.3, -0.25) is 9.69 Å². The first-order chi connectivity index (χ1) is 7.27. The zero-order valence-electron chi connectivity index (χ0n) is 8.66. The molecule has 7 heteroatoms. The molecule has 2 N–H and O–H groups in total. The SMILES string of the molecule is CCN1NNN=C1c1cnn(CC)c1I. The summed E-state index contributed by atoms with van der Waals surface area (Å²) < 4.78 is 3.06. The van der Waals surface area contributed by atoms with E-state index in [1.165, 1.54) is 0 Å². The van der Waals surface area contributed by atoms with E-state index in [0.29, 0.717) is 0 Å². The fourth-order valence-corrected chi connectivity index (χ4v) is 2.27. The molecule has 1 aliphatic rings. The summed E-state index contributed by atoms with van der Waals surface area (Å²) in [5.74, 6) is 0.890. The third kappa shape index (κ3) is 1.81. The molecule has 0 fully saturated rings. The minimum atomic E-state index is 0.846. The third-order valence-corrected chi connectivity index (χ3v) is 3.37. The van der Waals surface area contributed by atoms with Crippen LogP contribution in [0.25, 0.3) is 0 Å². The Balaban J connectivity index is 2.33. The first-order valence-corrected chi connectivity index (χ1v) is 5.93. The third-order valence-electron chi connectivity index (χ3n) is 2.23.